The minimum absolute atomic E-state index is 0.0313. The van der Waals surface area contributed by atoms with Crippen LogP contribution in [-0.4, -0.2) is 49.5 Å². The summed E-state index contributed by atoms with van der Waals surface area (Å²) in [7, 11) is 0. The molecule has 6 heteroatoms. The molecule has 1 N–H and O–H groups in total. The van der Waals surface area contributed by atoms with Crippen molar-refractivity contribution in [2.24, 2.45) is 5.92 Å². The summed E-state index contributed by atoms with van der Waals surface area (Å²) in [5.41, 5.74) is 4.04. The number of ether oxygens (including phenoxy) is 1. The molecule has 0 bridgehead atoms. The van der Waals surface area contributed by atoms with E-state index in [1.165, 1.54) is 0 Å². The number of nitrogens with one attached hydrogen (secondary N) is 1. The van der Waals surface area contributed by atoms with Gasteiger partial charge in [0.25, 0.3) is 5.91 Å². The summed E-state index contributed by atoms with van der Waals surface area (Å²) < 4.78 is 5.61. The number of carbonyl (C=O) groups excluding carboxylic acids is 2. The summed E-state index contributed by atoms with van der Waals surface area (Å²) in [5.74, 6) is 0.768. The second-order valence-electron chi connectivity index (χ2n) is 8.17. The average molecular weight is 410 g/mol. The van der Waals surface area contributed by atoms with E-state index in [9.17, 15) is 9.59 Å². The highest BCUT2D eigenvalue weighted by Gasteiger charge is 2.22. The van der Waals surface area contributed by atoms with Gasteiger partial charge >= 0.3 is 0 Å². The lowest BCUT2D eigenvalue weighted by atomic mass is 10.1. The van der Waals surface area contributed by atoms with E-state index in [0.717, 1.165) is 48.7 Å². The lowest BCUT2D eigenvalue weighted by molar-refractivity contribution is -0.134. The maximum absolute atomic E-state index is 12.2. The summed E-state index contributed by atoms with van der Waals surface area (Å²) in [5, 5.41) is 2.87. The van der Waals surface area contributed by atoms with Crippen LogP contribution in [0.15, 0.2) is 42.5 Å². The number of hydrogen-bond acceptors (Lipinski definition) is 4. The van der Waals surface area contributed by atoms with Crippen molar-refractivity contribution in [3.63, 3.8) is 0 Å². The number of carbonyl (C=O) groups is 2. The van der Waals surface area contributed by atoms with Gasteiger partial charge in [-0.3, -0.25) is 9.59 Å². The van der Waals surface area contributed by atoms with Gasteiger partial charge < -0.3 is 19.9 Å². The molecule has 1 aliphatic rings. The van der Waals surface area contributed by atoms with Crippen LogP contribution < -0.4 is 15.0 Å². The molecule has 0 unspecified atom stereocenters. The average Bonchev–Trinajstić information content (AvgIpc) is 2.72. The number of piperazine rings is 1. The second kappa shape index (κ2) is 9.65. The summed E-state index contributed by atoms with van der Waals surface area (Å²) in [6.07, 6.45) is 0. The van der Waals surface area contributed by atoms with Gasteiger partial charge in [-0.2, -0.15) is 0 Å². The van der Waals surface area contributed by atoms with Crippen molar-refractivity contribution in [1.82, 2.24) is 4.90 Å². The van der Waals surface area contributed by atoms with Crippen LogP contribution in [0.25, 0.3) is 0 Å². The van der Waals surface area contributed by atoms with Crippen molar-refractivity contribution in [3.8, 4) is 5.75 Å². The van der Waals surface area contributed by atoms with E-state index >= 15 is 0 Å². The van der Waals surface area contributed by atoms with Gasteiger partial charge in [-0.05, 0) is 61.4 Å². The minimum atomic E-state index is -0.192. The summed E-state index contributed by atoms with van der Waals surface area (Å²) >= 11 is 0. The first kappa shape index (κ1) is 21.7. The number of rotatable bonds is 6. The van der Waals surface area contributed by atoms with E-state index in [2.05, 4.69) is 16.3 Å². The molecule has 6 nitrogen and oxygen atoms in total. The fraction of sp³-hybridized carbons (Fsp3) is 0.417. The van der Waals surface area contributed by atoms with Crippen molar-refractivity contribution in [2.75, 3.05) is 43.0 Å². The van der Waals surface area contributed by atoms with Crippen LogP contribution in [0.4, 0.5) is 11.4 Å². The maximum atomic E-state index is 12.2. The molecule has 0 radical (unpaired) electrons. The molecule has 3 rings (SSSR count). The summed E-state index contributed by atoms with van der Waals surface area (Å²) in [6.45, 7) is 11.0. The smallest absolute Gasteiger partial charge is 0.262 e. The normalized spacial score (nSPS) is 14.0. The number of anilines is 2. The minimum Gasteiger partial charge on any atom is -0.484 e. The Kier molecular flexibility index (Phi) is 6.98. The van der Waals surface area contributed by atoms with Crippen molar-refractivity contribution < 1.29 is 14.3 Å². The van der Waals surface area contributed by atoms with Crippen molar-refractivity contribution in [2.45, 2.75) is 27.7 Å². The zero-order valence-electron chi connectivity index (χ0n) is 18.3. The zero-order chi connectivity index (χ0) is 21.7. The Balaban J connectivity index is 1.48. The molecule has 2 amide bonds. The Morgan fingerprint density at radius 2 is 1.57 bits per heavy atom. The van der Waals surface area contributed by atoms with Crippen LogP contribution in [0.2, 0.25) is 0 Å². The van der Waals surface area contributed by atoms with Gasteiger partial charge in [0, 0.05) is 43.5 Å². The fourth-order valence-electron chi connectivity index (χ4n) is 3.67. The lowest BCUT2D eigenvalue weighted by Crippen LogP contribution is -2.49. The molecule has 0 spiro atoms. The zero-order valence-corrected chi connectivity index (χ0v) is 18.3. The third-order valence-electron chi connectivity index (χ3n) is 5.17. The van der Waals surface area contributed by atoms with Gasteiger partial charge in [0.15, 0.2) is 6.61 Å². The van der Waals surface area contributed by atoms with Crippen molar-refractivity contribution in [3.05, 3.63) is 53.6 Å². The van der Waals surface area contributed by atoms with E-state index in [-0.39, 0.29) is 24.3 Å². The second-order valence-corrected chi connectivity index (χ2v) is 8.17. The van der Waals surface area contributed by atoms with Crippen LogP contribution in [0.3, 0.4) is 0 Å². The highest BCUT2D eigenvalue weighted by molar-refractivity contribution is 5.92. The van der Waals surface area contributed by atoms with Gasteiger partial charge in [0.05, 0.1) is 0 Å². The quantitative estimate of drug-likeness (QED) is 0.792. The van der Waals surface area contributed by atoms with E-state index in [0.29, 0.717) is 5.75 Å². The molecule has 30 heavy (non-hydrogen) atoms. The number of amides is 2. The Labute approximate surface area is 178 Å². The molecule has 0 aromatic heterocycles. The van der Waals surface area contributed by atoms with E-state index in [4.69, 9.17) is 4.74 Å². The highest BCUT2D eigenvalue weighted by Crippen LogP contribution is 2.20. The van der Waals surface area contributed by atoms with Gasteiger partial charge in [-0.25, -0.2) is 0 Å². The molecule has 2 aromatic carbocycles. The fourth-order valence-corrected chi connectivity index (χ4v) is 3.67. The molecular formula is C24H31N3O3. The van der Waals surface area contributed by atoms with E-state index in [1.807, 2.05) is 69.0 Å². The monoisotopic (exact) mass is 409 g/mol. The van der Waals surface area contributed by atoms with Crippen LogP contribution >= 0.6 is 0 Å². The van der Waals surface area contributed by atoms with Crippen molar-refractivity contribution >= 4 is 23.2 Å². The molecule has 1 fully saturated rings. The number of nitrogens with zero attached hydrogens (tertiary/aromatic N) is 2. The van der Waals surface area contributed by atoms with Gasteiger partial charge in [0.1, 0.15) is 5.75 Å². The first-order valence-corrected chi connectivity index (χ1v) is 10.5. The standard InChI is InChI=1S/C24H31N3O3/c1-17(2)24(29)27-11-9-26(10-12-27)21-7-5-20(6-8-21)25-23(28)16-30-22-14-18(3)13-19(4)15-22/h5-8,13-15,17H,9-12,16H2,1-4H3,(H,25,28). The summed E-state index contributed by atoms with van der Waals surface area (Å²) in [6, 6.07) is 13.7. The first-order valence-electron chi connectivity index (χ1n) is 10.5. The largest absolute Gasteiger partial charge is 0.484 e. The third kappa shape index (κ3) is 5.75. The highest BCUT2D eigenvalue weighted by atomic mass is 16.5. The van der Waals surface area contributed by atoms with Crippen LogP contribution in [-0.2, 0) is 9.59 Å². The molecule has 1 aliphatic heterocycles. The van der Waals surface area contributed by atoms with Crippen LogP contribution in [0, 0.1) is 19.8 Å². The van der Waals surface area contributed by atoms with Gasteiger partial charge in [0.2, 0.25) is 5.91 Å². The Bertz CT molecular complexity index is 865. The molecule has 1 saturated heterocycles. The molecule has 160 valence electrons. The number of hydrogen-bond donors (Lipinski definition) is 1. The Morgan fingerprint density at radius 1 is 0.967 bits per heavy atom. The van der Waals surface area contributed by atoms with E-state index < -0.39 is 0 Å². The molecule has 0 aliphatic carbocycles. The lowest BCUT2D eigenvalue weighted by Gasteiger charge is -2.37. The van der Waals surface area contributed by atoms with Crippen LogP contribution in [0.5, 0.6) is 5.75 Å². The molecule has 1 heterocycles. The van der Waals surface area contributed by atoms with E-state index in [1.54, 1.807) is 0 Å². The molecule has 0 atom stereocenters. The number of benzene rings is 2. The molecule has 0 saturated carbocycles. The molecule has 2 aromatic rings. The predicted molar refractivity (Wildman–Crippen MR) is 120 cm³/mol. The Morgan fingerprint density at radius 3 is 2.13 bits per heavy atom. The topological polar surface area (TPSA) is 61.9 Å². The maximum Gasteiger partial charge on any atom is 0.262 e. The molecular weight excluding hydrogens is 378 g/mol. The first-order chi connectivity index (χ1) is 14.3. The number of aryl methyl sites for hydroxylation is 2. The van der Waals surface area contributed by atoms with Crippen molar-refractivity contribution in [1.29, 1.82) is 0 Å². The van der Waals surface area contributed by atoms with Gasteiger partial charge in [-0.15, -0.1) is 0 Å². The SMILES string of the molecule is Cc1cc(C)cc(OCC(=O)Nc2ccc(N3CCN(C(=O)C(C)C)CC3)cc2)c1. The van der Waals surface area contributed by atoms with Gasteiger partial charge in [-0.1, -0.05) is 19.9 Å². The third-order valence-corrected chi connectivity index (χ3v) is 5.17. The van der Waals surface area contributed by atoms with Crippen LogP contribution in [0.1, 0.15) is 25.0 Å². The predicted octanol–water partition coefficient (Wildman–Crippen LogP) is 3.63. The Hall–Kier alpha value is -3.02. The summed E-state index contributed by atoms with van der Waals surface area (Å²) in [4.78, 5) is 28.5.